The highest BCUT2D eigenvalue weighted by atomic mass is 16.6. The largest absolute Gasteiger partial charge is 0.458 e. The number of nitrogens with one attached hydrogen (secondary N) is 4. The van der Waals surface area contributed by atoms with Gasteiger partial charge in [-0.2, -0.15) is 0 Å². The second-order valence-electron chi connectivity index (χ2n) is 13.9. The van der Waals surface area contributed by atoms with Gasteiger partial charge in [0.15, 0.2) is 6.04 Å². The van der Waals surface area contributed by atoms with E-state index in [1.165, 1.54) is 4.90 Å². The summed E-state index contributed by atoms with van der Waals surface area (Å²) in [6.07, 6.45) is 5.88. The van der Waals surface area contributed by atoms with Gasteiger partial charge < -0.3 is 35.6 Å². The number of benzene rings is 1. The van der Waals surface area contributed by atoms with E-state index in [9.17, 15) is 33.6 Å². The Morgan fingerprint density at radius 3 is 2.34 bits per heavy atom. The van der Waals surface area contributed by atoms with Crippen LogP contribution in [0.25, 0.3) is 0 Å². The molecular formula is C36H51N5O9. The molecule has 1 aromatic rings. The molecule has 4 N–H and O–H groups in total. The van der Waals surface area contributed by atoms with Gasteiger partial charge in [0, 0.05) is 6.54 Å². The van der Waals surface area contributed by atoms with Crippen molar-refractivity contribution in [3.8, 4) is 0 Å². The summed E-state index contributed by atoms with van der Waals surface area (Å²) in [4.78, 5) is 93.2. The Bertz CT molecular complexity index is 1410. The molecule has 4 atom stereocenters. The summed E-state index contributed by atoms with van der Waals surface area (Å²) >= 11 is 0. The maximum atomic E-state index is 13.6. The van der Waals surface area contributed by atoms with E-state index in [1.54, 1.807) is 51.1 Å². The van der Waals surface area contributed by atoms with Crippen LogP contribution in [-0.4, -0.2) is 89.8 Å². The summed E-state index contributed by atoms with van der Waals surface area (Å²) in [6.45, 7) is 8.75. The van der Waals surface area contributed by atoms with Crippen molar-refractivity contribution in [3.05, 3.63) is 48.0 Å². The molecule has 1 aromatic carbocycles. The lowest BCUT2D eigenvalue weighted by Gasteiger charge is -2.29. The number of rotatable bonds is 10. The molecule has 2 heterocycles. The molecule has 2 aliphatic rings. The van der Waals surface area contributed by atoms with Crippen molar-refractivity contribution in [3.63, 3.8) is 0 Å². The number of allylic oxidation sites excluding steroid dienone is 2. The number of Topliss-reactive ketones (excluding diaryl/α,β-unsaturated/α-hetero) is 1. The summed E-state index contributed by atoms with van der Waals surface area (Å²) in [7, 11) is 0. The summed E-state index contributed by atoms with van der Waals surface area (Å²) in [5, 5.41) is 10.2. The van der Waals surface area contributed by atoms with Crippen molar-refractivity contribution >= 4 is 41.5 Å². The summed E-state index contributed by atoms with van der Waals surface area (Å²) in [5.74, 6) is -4.36. The van der Waals surface area contributed by atoms with Crippen LogP contribution in [0.3, 0.4) is 0 Å². The summed E-state index contributed by atoms with van der Waals surface area (Å²) < 4.78 is 10.7. The molecule has 2 aliphatic heterocycles. The second-order valence-corrected chi connectivity index (χ2v) is 13.9. The van der Waals surface area contributed by atoms with Gasteiger partial charge in [-0.15, -0.1) is 0 Å². The van der Waals surface area contributed by atoms with Gasteiger partial charge in [0.25, 0.3) is 5.91 Å². The van der Waals surface area contributed by atoms with E-state index >= 15 is 0 Å². The molecule has 0 bridgehead atoms. The molecule has 1 fully saturated rings. The topological polar surface area (TPSA) is 189 Å². The summed E-state index contributed by atoms with van der Waals surface area (Å²) in [5.41, 5.74) is -0.342. The zero-order valence-corrected chi connectivity index (χ0v) is 29.6. The van der Waals surface area contributed by atoms with E-state index in [0.29, 0.717) is 44.1 Å². The smallest absolute Gasteiger partial charge is 0.407 e. The van der Waals surface area contributed by atoms with Gasteiger partial charge in [0.2, 0.25) is 23.5 Å². The fraction of sp³-hybridized carbons (Fsp3) is 0.583. The molecule has 0 saturated carbocycles. The Labute approximate surface area is 293 Å². The predicted octanol–water partition coefficient (Wildman–Crippen LogP) is 2.62. The molecule has 50 heavy (non-hydrogen) atoms. The van der Waals surface area contributed by atoms with Crippen molar-refractivity contribution in [2.75, 3.05) is 19.7 Å². The van der Waals surface area contributed by atoms with E-state index in [4.69, 9.17) is 9.47 Å². The number of hydrogen-bond donors (Lipinski definition) is 4. The third kappa shape index (κ3) is 12.6. The van der Waals surface area contributed by atoms with Crippen molar-refractivity contribution in [1.29, 1.82) is 0 Å². The monoisotopic (exact) mass is 697 g/mol. The van der Waals surface area contributed by atoms with Crippen LogP contribution in [0.2, 0.25) is 0 Å². The fourth-order valence-corrected chi connectivity index (χ4v) is 5.56. The standard InChI is InChI=1S/C36H51N5O9/c1-23(2)22-49-35(48)39-26-18-13-8-6-7-12-17-25(38-31(44)27-19-14-20-41(27)33(26)46)30(43)32(45)37-21-28(42)40-29(24-15-10-9-11-16-24)34(47)50-36(3,4)5/h6,8-11,15-16,23,25-27,29H,7,12-14,17-22H2,1-5H3,(H,37,45)(H,38,44)(H,39,48)(H,40,42)/b8-6-/t25-,26-,27-,29-/m0/s1. The number of ketones is 1. The number of alkyl carbamates (subject to hydrolysis) is 1. The number of hydrogen-bond acceptors (Lipinski definition) is 9. The van der Waals surface area contributed by atoms with Crippen LogP contribution < -0.4 is 21.3 Å². The Hall–Kier alpha value is -4.75. The number of carbonyl (C=O) groups is 7. The van der Waals surface area contributed by atoms with Gasteiger partial charge in [-0.05, 0) is 77.2 Å². The number of ether oxygens (including phenoxy) is 2. The normalized spacial score (nSPS) is 21.5. The zero-order chi connectivity index (χ0) is 36.8. The highest BCUT2D eigenvalue weighted by Crippen LogP contribution is 2.22. The minimum atomic E-state index is -1.21. The first-order valence-corrected chi connectivity index (χ1v) is 17.2. The molecule has 0 unspecified atom stereocenters. The predicted molar refractivity (Wildman–Crippen MR) is 183 cm³/mol. The highest BCUT2D eigenvalue weighted by Gasteiger charge is 2.39. The number of esters is 1. The Morgan fingerprint density at radius 2 is 1.66 bits per heavy atom. The lowest BCUT2D eigenvalue weighted by Crippen LogP contribution is -2.56. The minimum Gasteiger partial charge on any atom is -0.458 e. The van der Waals surface area contributed by atoms with Crippen LogP contribution in [0.4, 0.5) is 4.79 Å². The van der Waals surface area contributed by atoms with Gasteiger partial charge in [-0.3, -0.25) is 24.0 Å². The second kappa shape index (κ2) is 18.9. The molecule has 0 aromatic heterocycles. The van der Waals surface area contributed by atoms with E-state index in [0.717, 1.165) is 0 Å². The quantitative estimate of drug-likeness (QED) is 0.162. The first-order chi connectivity index (χ1) is 23.7. The van der Waals surface area contributed by atoms with E-state index in [1.807, 2.05) is 26.0 Å². The SMILES string of the molecule is CC(C)COC(=O)N[C@H]1CC/C=C\CCC[C@@H](C(=O)C(=O)NCC(=O)N[C@H](C(=O)OC(C)(C)C)c2ccccc2)NC(=O)[C@@H]2CCCN2C1=O. The molecule has 14 heteroatoms. The average molecular weight is 698 g/mol. The molecule has 14 nitrogen and oxygen atoms in total. The van der Waals surface area contributed by atoms with Crippen LogP contribution in [0.15, 0.2) is 42.5 Å². The number of amides is 5. The maximum absolute atomic E-state index is 13.6. The first-order valence-electron chi connectivity index (χ1n) is 17.2. The van der Waals surface area contributed by atoms with Crippen LogP contribution in [0, 0.1) is 5.92 Å². The van der Waals surface area contributed by atoms with E-state index in [2.05, 4.69) is 21.3 Å². The van der Waals surface area contributed by atoms with Crippen LogP contribution >= 0.6 is 0 Å². The van der Waals surface area contributed by atoms with Gasteiger partial charge in [0.1, 0.15) is 17.7 Å². The lowest BCUT2D eigenvalue weighted by atomic mass is 10.0. The lowest BCUT2D eigenvalue weighted by molar-refractivity contribution is -0.158. The maximum Gasteiger partial charge on any atom is 0.407 e. The number of nitrogens with zero attached hydrogens (tertiary/aromatic N) is 1. The molecule has 5 amide bonds. The van der Waals surface area contributed by atoms with E-state index < -0.39 is 77.8 Å². The first kappa shape index (κ1) is 39.7. The van der Waals surface area contributed by atoms with Crippen LogP contribution in [-0.2, 0) is 38.2 Å². The highest BCUT2D eigenvalue weighted by molar-refractivity contribution is 6.38. The Balaban J connectivity index is 1.68. The van der Waals surface area contributed by atoms with Crippen molar-refractivity contribution in [2.24, 2.45) is 5.92 Å². The van der Waals surface area contributed by atoms with Crippen LogP contribution in [0.5, 0.6) is 0 Å². The fourth-order valence-electron chi connectivity index (χ4n) is 5.56. The van der Waals surface area contributed by atoms with Gasteiger partial charge in [-0.25, -0.2) is 9.59 Å². The number of fused-ring (bicyclic) bond motifs is 1. The van der Waals surface area contributed by atoms with Crippen molar-refractivity contribution in [2.45, 2.75) is 109 Å². The van der Waals surface area contributed by atoms with Crippen molar-refractivity contribution < 1.29 is 43.0 Å². The Kier molecular flexibility index (Phi) is 15.0. The molecule has 3 rings (SSSR count). The van der Waals surface area contributed by atoms with Gasteiger partial charge in [-0.1, -0.05) is 56.3 Å². The van der Waals surface area contributed by atoms with Crippen LogP contribution in [0.1, 0.15) is 91.2 Å². The Morgan fingerprint density at radius 1 is 0.960 bits per heavy atom. The molecular weight excluding hydrogens is 646 g/mol. The molecule has 1 saturated heterocycles. The third-order valence-corrected chi connectivity index (χ3v) is 7.98. The minimum absolute atomic E-state index is 0.112. The van der Waals surface area contributed by atoms with E-state index in [-0.39, 0.29) is 25.5 Å². The van der Waals surface area contributed by atoms with Gasteiger partial charge in [0.05, 0.1) is 19.2 Å². The van der Waals surface area contributed by atoms with Gasteiger partial charge >= 0.3 is 12.1 Å². The third-order valence-electron chi connectivity index (χ3n) is 7.98. The molecule has 0 spiro atoms. The van der Waals surface area contributed by atoms with Crippen molar-refractivity contribution in [1.82, 2.24) is 26.2 Å². The number of carbonyl (C=O) groups excluding carboxylic acids is 7. The molecule has 0 radical (unpaired) electrons. The average Bonchev–Trinajstić information content (AvgIpc) is 3.56. The zero-order valence-electron chi connectivity index (χ0n) is 29.6. The molecule has 274 valence electrons. The molecule has 0 aliphatic carbocycles. The summed E-state index contributed by atoms with van der Waals surface area (Å²) in [6, 6.07) is 4.30.